The van der Waals surface area contributed by atoms with E-state index in [1.165, 1.54) is 6.20 Å². The molecule has 4 rings (SSSR count). The quantitative estimate of drug-likeness (QED) is 0.690. The maximum absolute atomic E-state index is 12.4. The maximum atomic E-state index is 12.4. The monoisotopic (exact) mass is 330 g/mol. The fourth-order valence-corrected chi connectivity index (χ4v) is 2.91. The Morgan fingerprint density at radius 3 is 2.40 bits per heavy atom. The first-order chi connectivity index (χ1) is 12.2. The van der Waals surface area contributed by atoms with Crippen molar-refractivity contribution in [2.75, 3.05) is 7.11 Å². The lowest BCUT2D eigenvalue weighted by molar-refractivity contribution is 0.0722. The lowest BCUT2D eigenvalue weighted by atomic mass is 10.1. The average molecular weight is 330 g/mol. The minimum Gasteiger partial charge on any atom is -0.495 e. The Kier molecular flexibility index (Phi) is 3.54. The number of nitrogens with zero attached hydrogens (tertiary/aromatic N) is 2. The first kappa shape index (κ1) is 15.1. The predicted molar refractivity (Wildman–Crippen MR) is 94.3 cm³/mol. The predicted octanol–water partition coefficient (Wildman–Crippen LogP) is 3.51. The van der Waals surface area contributed by atoms with Crippen LogP contribution in [0.25, 0.3) is 17.0 Å². The van der Waals surface area contributed by atoms with Crippen LogP contribution in [0.3, 0.4) is 0 Å². The molecule has 5 heteroatoms. The van der Waals surface area contributed by atoms with Gasteiger partial charge in [-0.2, -0.15) is 0 Å². The zero-order valence-corrected chi connectivity index (χ0v) is 13.5. The summed E-state index contributed by atoms with van der Waals surface area (Å²) in [5.74, 6) is 0.0228. The summed E-state index contributed by atoms with van der Waals surface area (Å²) in [6.07, 6.45) is 4.91. The molecule has 0 saturated heterocycles. The van der Waals surface area contributed by atoms with Crippen LogP contribution in [0.5, 0.6) is 5.75 Å². The molecule has 1 aliphatic heterocycles. The van der Waals surface area contributed by atoms with Crippen LogP contribution in [0.1, 0.15) is 26.3 Å². The molecule has 3 aromatic rings. The van der Waals surface area contributed by atoms with Crippen LogP contribution >= 0.6 is 0 Å². The summed E-state index contributed by atoms with van der Waals surface area (Å²) >= 11 is 0. The summed E-state index contributed by atoms with van der Waals surface area (Å²) in [6.45, 7) is 0. The van der Waals surface area contributed by atoms with E-state index in [2.05, 4.69) is 4.98 Å². The van der Waals surface area contributed by atoms with Crippen LogP contribution < -0.4 is 4.74 Å². The maximum Gasteiger partial charge on any atom is 0.265 e. The van der Waals surface area contributed by atoms with Crippen molar-refractivity contribution in [3.05, 3.63) is 77.6 Å². The highest BCUT2D eigenvalue weighted by Gasteiger charge is 2.33. The van der Waals surface area contributed by atoms with Crippen LogP contribution in [-0.4, -0.2) is 28.8 Å². The van der Waals surface area contributed by atoms with Gasteiger partial charge in [-0.3, -0.25) is 14.6 Å². The van der Waals surface area contributed by atoms with Crippen molar-refractivity contribution in [2.45, 2.75) is 0 Å². The Labute approximate surface area is 144 Å². The van der Waals surface area contributed by atoms with E-state index in [0.29, 0.717) is 16.9 Å². The van der Waals surface area contributed by atoms with Gasteiger partial charge in [0.15, 0.2) is 0 Å². The number of carbonyl (C=O) groups is 2. The van der Waals surface area contributed by atoms with Crippen LogP contribution in [0.4, 0.5) is 0 Å². The fourth-order valence-electron chi connectivity index (χ4n) is 2.91. The molecule has 5 nitrogen and oxygen atoms in total. The van der Waals surface area contributed by atoms with Gasteiger partial charge >= 0.3 is 0 Å². The molecule has 1 aliphatic rings. The van der Waals surface area contributed by atoms with Crippen molar-refractivity contribution >= 4 is 28.8 Å². The van der Waals surface area contributed by atoms with E-state index in [0.717, 1.165) is 21.4 Å². The van der Waals surface area contributed by atoms with Crippen molar-refractivity contribution in [1.29, 1.82) is 0 Å². The smallest absolute Gasteiger partial charge is 0.265 e. The molecule has 0 fully saturated rings. The second-order valence-electron chi connectivity index (χ2n) is 5.63. The first-order valence-electron chi connectivity index (χ1n) is 7.77. The molecule has 0 saturated carbocycles. The molecule has 0 radical (unpaired) electrons. The summed E-state index contributed by atoms with van der Waals surface area (Å²) in [4.78, 5) is 30.3. The number of methoxy groups -OCH3 is 1. The lowest BCUT2D eigenvalue weighted by Gasteiger charge is -2.08. The van der Waals surface area contributed by atoms with Gasteiger partial charge in [0.2, 0.25) is 0 Å². The highest BCUT2D eigenvalue weighted by atomic mass is 16.5. The number of aromatic nitrogens is 1. The third-order valence-electron chi connectivity index (χ3n) is 4.20. The number of carbonyl (C=O) groups excluding carboxylic acids is 2. The van der Waals surface area contributed by atoms with Crippen molar-refractivity contribution in [3.63, 3.8) is 0 Å². The largest absolute Gasteiger partial charge is 0.495 e. The highest BCUT2D eigenvalue weighted by Crippen LogP contribution is 2.25. The van der Waals surface area contributed by atoms with Crippen molar-refractivity contribution in [1.82, 2.24) is 9.88 Å². The summed E-state index contributed by atoms with van der Waals surface area (Å²) in [6, 6.07) is 14.4. The summed E-state index contributed by atoms with van der Waals surface area (Å²) < 4.78 is 5.23. The van der Waals surface area contributed by atoms with E-state index in [9.17, 15) is 9.59 Å². The molecule has 0 aliphatic carbocycles. The van der Waals surface area contributed by atoms with E-state index in [-0.39, 0.29) is 11.8 Å². The number of pyridine rings is 1. The van der Waals surface area contributed by atoms with Gasteiger partial charge in [0.05, 0.1) is 30.0 Å². The zero-order valence-electron chi connectivity index (χ0n) is 13.5. The molecule has 0 unspecified atom stereocenters. The summed E-state index contributed by atoms with van der Waals surface area (Å²) in [5.41, 5.74) is 2.52. The third-order valence-corrected chi connectivity index (χ3v) is 4.20. The molecule has 0 atom stereocenters. The Balaban J connectivity index is 1.73. The van der Waals surface area contributed by atoms with E-state index < -0.39 is 0 Å². The second-order valence-corrected chi connectivity index (χ2v) is 5.63. The molecular formula is C20H14N2O3. The molecule has 25 heavy (non-hydrogen) atoms. The van der Waals surface area contributed by atoms with Gasteiger partial charge in [0.1, 0.15) is 5.75 Å². The average Bonchev–Trinajstić information content (AvgIpc) is 2.90. The number of fused-ring (bicyclic) bond motifs is 2. The number of hydrogen-bond donors (Lipinski definition) is 0. The van der Waals surface area contributed by atoms with E-state index in [1.54, 1.807) is 43.6 Å². The molecular weight excluding hydrogens is 316 g/mol. The minimum atomic E-state index is -0.312. The van der Waals surface area contributed by atoms with Crippen molar-refractivity contribution in [2.24, 2.45) is 0 Å². The molecule has 2 heterocycles. The van der Waals surface area contributed by atoms with Crippen molar-refractivity contribution in [3.8, 4) is 5.75 Å². The van der Waals surface area contributed by atoms with Gasteiger partial charge in [0.25, 0.3) is 11.8 Å². The van der Waals surface area contributed by atoms with Gasteiger partial charge in [-0.25, -0.2) is 4.90 Å². The number of imide groups is 1. The SMILES string of the molecule is COc1cnc2cccc(/C=C/N3C(=O)c4ccccc4C3=O)c2c1. The van der Waals surface area contributed by atoms with Crippen LogP contribution in [0, 0.1) is 0 Å². The fraction of sp³-hybridized carbons (Fsp3) is 0.0500. The molecule has 0 N–H and O–H groups in total. The topological polar surface area (TPSA) is 59.5 Å². The number of hydrogen-bond acceptors (Lipinski definition) is 4. The Morgan fingerprint density at radius 2 is 1.72 bits per heavy atom. The van der Waals surface area contributed by atoms with Gasteiger partial charge in [0, 0.05) is 11.6 Å². The van der Waals surface area contributed by atoms with Gasteiger partial charge in [-0.05, 0) is 35.9 Å². The Bertz CT molecular complexity index is 1010. The standard InChI is InChI=1S/C20H14N2O3/c1-25-14-11-17-13(5-4-8-18(17)21-12-14)9-10-22-19(23)15-6-2-3-7-16(15)20(22)24/h2-12H,1H3/b10-9+. The zero-order chi connectivity index (χ0) is 17.4. The van der Waals surface area contributed by atoms with Crippen LogP contribution in [-0.2, 0) is 0 Å². The Hall–Kier alpha value is -3.47. The number of amides is 2. The van der Waals surface area contributed by atoms with Crippen LogP contribution in [0.2, 0.25) is 0 Å². The second kappa shape index (κ2) is 5.87. The van der Waals surface area contributed by atoms with E-state index >= 15 is 0 Å². The third kappa shape index (κ3) is 2.46. The molecule has 122 valence electrons. The molecule has 2 aromatic carbocycles. The van der Waals surface area contributed by atoms with Gasteiger partial charge in [-0.1, -0.05) is 24.3 Å². The van der Waals surface area contributed by atoms with Gasteiger partial charge in [-0.15, -0.1) is 0 Å². The molecule has 0 bridgehead atoms. The normalized spacial score (nSPS) is 13.7. The minimum absolute atomic E-state index is 0.312. The lowest BCUT2D eigenvalue weighted by Crippen LogP contribution is -2.23. The number of benzene rings is 2. The van der Waals surface area contributed by atoms with E-state index in [4.69, 9.17) is 4.74 Å². The van der Waals surface area contributed by atoms with Gasteiger partial charge < -0.3 is 4.74 Å². The first-order valence-corrected chi connectivity index (χ1v) is 7.77. The van der Waals surface area contributed by atoms with Crippen LogP contribution in [0.15, 0.2) is 60.9 Å². The van der Waals surface area contributed by atoms with Crippen molar-refractivity contribution < 1.29 is 14.3 Å². The summed E-state index contributed by atoms with van der Waals surface area (Å²) in [7, 11) is 1.58. The highest BCUT2D eigenvalue weighted by molar-refractivity contribution is 6.22. The Morgan fingerprint density at radius 1 is 1.00 bits per heavy atom. The molecule has 1 aromatic heterocycles. The molecule has 0 spiro atoms. The summed E-state index contributed by atoms with van der Waals surface area (Å²) in [5, 5.41) is 0.884. The van der Waals surface area contributed by atoms with E-state index in [1.807, 2.05) is 24.3 Å². The molecule has 2 amide bonds. The number of ether oxygens (including phenoxy) is 1. The number of rotatable bonds is 3.